The number of anilines is 1. The lowest BCUT2D eigenvalue weighted by molar-refractivity contribution is -0.115. The maximum atomic E-state index is 13.1. The van der Waals surface area contributed by atoms with Crippen LogP contribution in [-0.2, 0) is 21.2 Å². The van der Waals surface area contributed by atoms with Crippen molar-refractivity contribution in [3.8, 4) is 16.3 Å². The Bertz CT molecular complexity index is 1210. The van der Waals surface area contributed by atoms with Crippen molar-refractivity contribution in [3.63, 3.8) is 0 Å². The molecule has 0 aliphatic rings. The van der Waals surface area contributed by atoms with E-state index < -0.39 is 10.0 Å². The molecule has 0 atom stereocenters. The molecule has 33 heavy (non-hydrogen) atoms. The SMILES string of the molecule is CCOc1ccc(S(=O)(=O)N(CC)CC)cc1NC(=O)Cc1csc(-c2ccc(F)cc2)n1. The Morgan fingerprint density at radius 3 is 2.45 bits per heavy atom. The molecule has 0 fully saturated rings. The fourth-order valence-electron chi connectivity index (χ4n) is 3.23. The molecule has 10 heteroatoms. The van der Waals surface area contributed by atoms with Crippen LogP contribution in [0.25, 0.3) is 10.6 Å². The quantitative estimate of drug-likeness (QED) is 0.449. The third kappa shape index (κ3) is 5.95. The van der Waals surface area contributed by atoms with Gasteiger partial charge in [-0.15, -0.1) is 11.3 Å². The van der Waals surface area contributed by atoms with Gasteiger partial charge < -0.3 is 10.1 Å². The highest BCUT2D eigenvalue weighted by Gasteiger charge is 2.23. The summed E-state index contributed by atoms with van der Waals surface area (Å²) in [5.41, 5.74) is 1.60. The van der Waals surface area contributed by atoms with Crippen molar-refractivity contribution in [2.24, 2.45) is 0 Å². The van der Waals surface area contributed by atoms with Gasteiger partial charge in [-0.05, 0) is 49.4 Å². The van der Waals surface area contributed by atoms with Gasteiger partial charge in [-0.1, -0.05) is 13.8 Å². The zero-order valence-corrected chi connectivity index (χ0v) is 20.3. The first-order valence-corrected chi connectivity index (χ1v) is 12.9. The van der Waals surface area contributed by atoms with Gasteiger partial charge in [-0.2, -0.15) is 4.31 Å². The highest BCUT2D eigenvalue weighted by atomic mass is 32.2. The smallest absolute Gasteiger partial charge is 0.243 e. The number of rotatable bonds is 10. The van der Waals surface area contributed by atoms with Crippen molar-refractivity contribution in [3.05, 3.63) is 59.4 Å². The van der Waals surface area contributed by atoms with E-state index in [4.69, 9.17) is 4.74 Å². The van der Waals surface area contributed by atoms with Crippen molar-refractivity contribution in [2.45, 2.75) is 32.1 Å². The average molecular weight is 492 g/mol. The summed E-state index contributed by atoms with van der Waals surface area (Å²) in [6.07, 6.45) is -0.00369. The zero-order chi connectivity index (χ0) is 24.0. The molecule has 1 heterocycles. The van der Waals surface area contributed by atoms with E-state index in [1.165, 1.54) is 39.9 Å². The summed E-state index contributed by atoms with van der Waals surface area (Å²) >= 11 is 1.36. The number of halogens is 1. The van der Waals surface area contributed by atoms with Crippen LogP contribution in [0.15, 0.2) is 52.7 Å². The van der Waals surface area contributed by atoms with Crippen LogP contribution in [0, 0.1) is 5.82 Å². The minimum absolute atomic E-state index is 0.00369. The number of hydrogen-bond acceptors (Lipinski definition) is 6. The summed E-state index contributed by atoms with van der Waals surface area (Å²) in [7, 11) is -3.69. The lowest BCUT2D eigenvalue weighted by atomic mass is 10.2. The number of aromatic nitrogens is 1. The van der Waals surface area contributed by atoms with E-state index in [1.807, 2.05) is 0 Å². The number of nitrogens with zero attached hydrogens (tertiary/aromatic N) is 2. The fourth-order valence-corrected chi connectivity index (χ4v) is 5.54. The third-order valence-electron chi connectivity index (χ3n) is 4.85. The molecule has 0 aliphatic heterocycles. The first kappa shape index (κ1) is 24.8. The summed E-state index contributed by atoms with van der Waals surface area (Å²) in [5.74, 6) is -0.302. The normalized spacial score (nSPS) is 11.5. The Kier molecular flexibility index (Phi) is 8.17. The van der Waals surface area contributed by atoms with Crippen LogP contribution >= 0.6 is 11.3 Å². The Morgan fingerprint density at radius 2 is 1.82 bits per heavy atom. The van der Waals surface area contributed by atoms with Crippen molar-refractivity contribution < 1.29 is 22.3 Å². The molecule has 1 aromatic heterocycles. The topological polar surface area (TPSA) is 88.6 Å². The maximum absolute atomic E-state index is 13.1. The van der Waals surface area contributed by atoms with Crippen molar-refractivity contribution in [1.29, 1.82) is 0 Å². The van der Waals surface area contributed by atoms with Gasteiger partial charge in [0.25, 0.3) is 0 Å². The first-order chi connectivity index (χ1) is 15.8. The molecular weight excluding hydrogens is 465 g/mol. The lowest BCUT2D eigenvalue weighted by Gasteiger charge is -2.20. The van der Waals surface area contributed by atoms with E-state index in [0.29, 0.717) is 36.1 Å². The second kappa shape index (κ2) is 10.9. The monoisotopic (exact) mass is 491 g/mol. The molecule has 1 amide bonds. The van der Waals surface area contributed by atoms with Crippen LogP contribution in [0.2, 0.25) is 0 Å². The number of sulfonamides is 1. The molecule has 0 radical (unpaired) electrons. The molecule has 0 saturated heterocycles. The number of carbonyl (C=O) groups is 1. The number of nitrogens with one attached hydrogen (secondary N) is 1. The molecule has 1 N–H and O–H groups in total. The van der Waals surface area contributed by atoms with E-state index in [1.54, 1.807) is 44.4 Å². The van der Waals surface area contributed by atoms with E-state index in [9.17, 15) is 17.6 Å². The summed E-state index contributed by atoms with van der Waals surface area (Å²) < 4.78 is 45.8. The second-order valence-corrected chi connectivity index (χ2v) is 9.85. The zero-order valence-electron chi connectivity index (χ0n) is 18.7. The van der Waals surface area contributed by atoms with Crippen molar-refractivity contribution in [1.82, 2.24) is 9.29 Å². The number of carbonyl (C=O) groups excluding carboxylic acids is 1. The number of thiazole rings is 1. The van der Waals surface area contributed by atoms with Gasteiger partial charge in [-0.25, -0.2) is 17.8 Å². The molecule has 0 unspecified atom stereocenters. The Labute approximate surface area is 197 Å². The van der Waals surface area contributed by atoms with Crippen molar-refractivity contribution >= 4 is 33.0 Å². The standard InChI is InChI=1S/C23H26FN3O4S2/c1-4-27(5-2)33(29,30)19-11-12-21(31-6-3)20(14-19)26-22(28)13-18-15-32-23(25-18)16-7-9-17(24)10-8-16/h7-12,14-15H,4-6,13H2,1-3H3,(H,26,28). The largest absolute Gasteiger partial charge is 0.492 e. The fraction of sp³-hybridized carbons (Fsp3) is 0.304. The predicted octanol–water partition coefficient (Wildman–Crippen LogP) is 4.56. The summed E-state index contributed by atoms with van der Waals surface area (Å²) in [5, 5.41) is 5.20. The molecule has 0 bridgehead atoms. The summed E-state index contributed by atoms with van der Waals surface area (Å²) in [6, 6.07) is 10.4. The van der Waals surface area contributed by atoms with Crippen LogP contribution in [-0.4, -0.2) is 43.3 Å². The lowest BCUT2D eigenvalue weighted by Crippen LogP contribution is -2.30. The van der Waals surface area contributed by atoms with Crippen molar-refractivity contribution in [2.75, 3.05) is 25.0 Å². The van der Waals surface area contributed by atoms with Gasteiger partial charge in [-0.3, -0.25) is 4.79 Å². The van der Waals surface area contributed by atoms with Gasteiger partial charge in [0.15, 0.2) is 0 Å². The molecule has 176 valence electrons. The molecule has 0 saturated carbocycles. The van der Waals surface area contributed by atoms with Gasteiger partial charge in [0.05, 0.1) is 29.3 Å². The maximum Gasteiger partial charge on any atom is 0.243 e. The van der Waals surface area contributed by atoms with Crippen LogP contribution in [0.5, 0.6) is 5.75 Å². The molecule has 0 aliphatic carbocycles. The van der Waals surface area contributed by atoms with Crippen LogP contribution in [0.3, 0.4) is 0 Å². The minimum atomic E-state index is -3.69. The Morgan fingerprint density at radius 1 is 1.12 bits per heavy atom. The molecule has 3 rings (SSSR count). The highest BCUT2D eigenvalue weighted by Crippen LogP contribution is 2.30. The number of ether oxygens (including phenoxy) is 1. The number of amides is 1. The van der Waals surface area contributed by atoms with E-state index in [2.05, 4.69) is 10.3 Å². The average Bonchev–Trinajstić information content (AvgIpc) is 3.24. The Balaban J connectivity index is 1.80. The molecule has 2 aromatic carbocycles. The van der Waals surface area contributed by atoms with Gasteiger partial charge in [0.2, 0.25) is 15.9 Å². The first-order valence-electron chi connectivity index (χ1n) is 10.6. The summed E-state index contributed by atoms with van der Waals surface area (Å²) in [6.45, 7) is 6.39. The highest BCUT2D eigenvalue weighted by molar-refractivity contribution is 7.89. The van der Waals surface area contributed by atoms with Crippen LogP contribution in [0.4, 0.5) is 10.1 Å². The summed E-state index contributed by atoms with van der Waals surface area (Å²) in [4.78, 5) is 17.3. The van der Waals surface area contributed by atoms with Gasteiger partial charge >= 0.3 is 0 Å². The molecule has 0 spiro atoms. The third-order valence-corrected chi connectivity index (χ3v) is 7.84. The van der Waals surface area contributed by atoms with E-state index in [0.717, 1.165) is 5.56 Å². The molecule has 3 aromatic rings. The van der Waals surface area contributed by atoms with Gasteiger partial charge in [0, 0.05) is 24.0 Å². The number of benzene rings is 2. The predicted molar refractivity (Wildman–Crippen MR) is 128 cm³/mol. The van der Waals surface area contributed by atoms with E-state index >= 15 is 0 Å². The number of hydrogen-bond donors (Lipinski definition) is 1. The van der Waals surface area contributed by atoms with Crippen LogP contribution in [0.1, 0.15) is 26.5 Å². The Hall–Kier alpha value is -2.82. The van der Waals surface area contributed by atoms with E-state index in [-0.39, 0.29) is 28.7 Å². The minimum Gasteiger partial charge on any atom is -0.492 e. The molecular formula is C23H26FN3O4S2. The molecule has 7 nitrogen and oxygen atoms in total. The second-order valence-electron chi connectivity index (χ2n) is 7.06. The van der Waals surface area contributed by atoms with Crippen LogP contribution < -0.4 is 10.1 Å². The van der Waals surface area contributed by atoms with Gasteiger partial charge in [0.1, 0.15) is 16.6 Å².